The average molecular weight is 453 g/mol. The van der Waals surface area contributed by atoms with Crippen molar-refractivity contribution in [2.45, 2.75) is 11.8 Å². The van der Waals surface area contributed by atoms with Crippen LogP contribution in [-0.2, 0) is 19.5 Å². The van der Waals surface area contributed by atoms with Crippen molar-refractivity contribution in [2.24, 2.45) is 0 Å². The van der Waals surface area contributed by atoms with Crippen molar-refractivity contribution in [2.75, 3.05) is 53.0 Å². The van der Waals surface area contributed by atoms with E-state index in [0.29, 0.717) is 36.0 Å². The Labute approximate surface area is 182 Å². The normalized spacial score (nSPS) is 11.2. The Morgan fingerprint density at radius 2 is 1.68 bits per heavy atom. The molecule has 0 fully saturated rings. The summed E-state index contributed by atoms with van der Waals surface area (Å²) >= 11 is 0. The molecule has 0 bridgehead atoms. The lowest BCUT2D eigenvalue weighted by atomic mass is 10.1. The van der Waals surface area contributed by atoms with E-state index in [2.05, 4.69) is 10.0 Å². The molecule has 2 aromatic carbocycles. The summed E-state index contributed by atoms with van der Waals surface area (Å²) in [5, 5.41) is 2.77. The van der Waals surface area contributed by atoms with Crippen LogP contribution in [0, 0.1) is 6.92 Å². The Bertz CT molecular complexity index is 993. The maximum atomic E-state index is 12.9. The smallest absolute Gasteiger partial charge is 0.255 e. The van der Waals surface area contributed by atoms with E-state index in [-0.39, 0.29) is 23.6 Å². The van der Waals surface area contributed by atoms with E-state index in [4.69, 9.17) is 18.9 Å². The topological polar surface area (TPSA) is 112 Å². The van der Waals surface area contributed by atoms with E-state index in [1.165, 1.54) is 26.4 Å². The molecule has 2 rings (SSSR count). The molecule has 2 N–H and O–H groups in total. The van der Waals surface area contributed by atoms with Gasteiger partial charge in [0.05, 0.1) is 25.2 Å². The van der Waals surface area contributed by atoms with Crippen LogP contribution in [0.1, 0.15) is 15.9 Å². The molecule has 0 saturated carbocycles. The molecule has 0 aromatic heterocycles. The molecule has 0 aliphatic carbocycles. The second kappa shape index (κ2) is 11.7. The number of aryl methyl sites for hydroxylation is 1. The first-order chi connectivity index (χ1) is 14.8. The molecule has 0 unspecified atom stereocenters. The third-order valence-corrected chi connectivity index (χ3v) is 5.79. The molecule has 0 saturated heterocycles. The maximum Gasteiger partial charge on any atom is 0.255 e. The number of rotatable bonds is 12. The number of benzene rings is 2. The lowest BCUT2D eigenvalue weighted by molar-refractivity contribution is 0.102. The first-order valence-corrected chi connectivity index (χ1v) is 11.0. The van der Waals surface area contributed by atoms with Gasteiger partial charge in [-0.15, -0.1) is 0 Å². The van der Waals surface area contributed by atoms with Crippen molar-refractivity contribution in [1.29, 1.82) is 0 Å². The molecule has 0 aliphatic rings. The lowest BCUT2D eigenvalue weighted by Gasteiger charge is -2.14. The minimum absolute atomic E-state index is 0.00216. The predicted molar refractivity (Wildman–Crippen MR) is 117 cm³/mol. The zero-order valence-corrected chi connectivity index (χ0v) is 18.9. The second-order valence-corrected chi connectivity index (χ2v) is 8.30. The summed E-state index contributed by atoms with van der Waals surface area (Å²) in [6.45, 7) is 2.82. The average Bonchev–Trinajstić information content (AvgIpc) is 2.74. The van der Waals surface area contributed by atoms with Crippen LogP contribution in [-0.4, -0.2) is 62.0 Å². The van der Waals surface area contributed by atoms with Crippen LogP contribution >= 0.6 is 0 Å². The Balaban J connectivity index is 2.22. The largest absolute Gasteiger partial charge is 0.493 e. The van der Waals surface area contributed by atoms with Gasteiger partial charge in [0.2, 0.25) is 10.0 Å². The predicted octanol–water partition coefficient (Wildman–Crippen LogP) is 2.21. The summed E-state index contributed by atoms with van der Waals surface area (Å²) in [4.78, 5) is 12.9. The SMILES string of the molecule is COCCNS(=O)(=O)c1ccc(C)c(C(=O)Nc2ccc(OC)c(OCCOC)c2)c1. The van der Waals surface area contributed by atoms with Crippen LogP contribution in [0.3, 0.4) is 0 Å². The Hall–Kier alpha value is -2.66. The van der Waals surface area contributed by atoms with Crippen molar-refractivity contribution in [3.63, 3.8) is 0 Å². The van der Waals surface area contributed by atoms with Crippen LogP contribution < -0.4 is 19.5 Å². The molecule has 9 nitrogen and oxygen atoms in total. The number of ether oxygens (including phenoxy) is 4. The van der Waals surface area contributed by atoms with E-state index in [9.17, 15) is 13.2 Å². The van der Waals surface area contributed by atoms with E-state index in [1.54, 1.807) is 38.3 Å². The summed E-state index contributed by atoms with van der Waals surface area (Å²) in [7, 11) is 0.808. The van der Waals surface area contributed by atoms with Crippen LogP contribution in [0.15, 0.2) is 41.3 Å². The summed E-state index contributed by atoms with van der Waals surface area (Å²) < 4.78 is 48.1. The zero-order chi connectivity index (χ0) is 22.9. The number of methoxy groups -OCH3 is 3. The number of hydrogen-bond acceptors (Lipinski definition) is 7. The number of anilines is 1. The molecule has 0 atom stereocenters. The van der Waals surface area contributed by atoms with Crippen molar-refractivity contribution in [3.05, 3.63) is 47.5 Å². The van der Waals surface area contributed by atoms with Crippen LogP contribution in [0.25, 0.3) is 0 Å². The highest BCUT2D eigenvalue weighted by Gasteiger charge is 2.18. The highest BCUT2D eigenvalue weighted by atomic mass is 32.2. The summed E-state index contributed by atoms with van der Waals surface area (Å²) in [6.07, 6.45) is 0. The number of sulfonamides is 1. The summed E-state index contributed by atoms with van der Waals surface area (Å²) in [5.74, 6) is 0.521. The maximum absolute atomic E-state index is 12.9. The number of carbonyl (C=O) groups excluding carboxylic acids is 1. The van der Waals surface area contributed by atoms with Gasteiger partial charge in [0.25, 0.3) is 5.91 Å². The van der Waals surface area contributed by atoms with Crippen molar-refractivity contribution in [3.8, 4) is 11.5 Å². The van der Waals surface area contributed by atoms with Gasteiger partial charge in [-0.25, -0.2) is 13.1 Å². The Morgan fingerprint density at radius 1 is 0.935 bits per heavy atom. The van der Waals surface area contributed by atoms with E-state index < -0.39 is 15.9 Å². The van der Waals surface area contributed by atoms with Gasteiger partial charge < -0.3 is 24.3 Å². The van der Waals surface area contributed by atoms with Crippen LogP contribution in [0.4, 0.5) is 5.69 Å². The molecule has 10 heteroatoms. The number of carbonyl (C=O) groups is 1. The number of hydrogen-bond donors (Lipinski definition) is 2. The highest BCUT2D eigenvalue weighted by Crippen LogP contribution is 2.30. The molecule has 1 amide bonds. The van der Waals surface area contributed by atoms with Crippen LogP contribution in [0.5, 0.6) is 11.5 Å². The van der Waals surface area contributed by atoms with Gasteiger partial charge in [-0.1, -0.05) is 6.07 Å². The quantitative estimate of drug-likeness (QED) is 0.475. The molecule has 170 valence electrons. The Morgan fingerprint density at radius 3 is 2.35 bits per heavy atom. The fourth-order valence-corrected chi connectivity index (χ4v) is 3.71. The monoisotopic (exact) mass is 452 g/mol. The first-order valence-electron chi connectivity index (χ1n) is 9.52. The minimum atomic E-state index is -3.77. The fraction of sp³-hybridized carbons (Fsp3) is 0.381. The third-order valence-electron chi connectivity index (χ3n) is 4.33. The number of nitrogens with one attached hydrogen (secondary N) is 2. The molecule has 2 aromatic rings. The van der Waals surface area contributed by atoms with Crippen molar-refractivity contribution < 1.29 is 32.2 Å². The third kappa shape index (κ3) is 6.93. The molecule has 31 heavy (non-hydrogen) atoms. The summed E-state index contributed by atoms with van der Waals surface area (Å²) in [5.41, 5.74) is 1.36. The molecule has 0 aliphatic heterocycles. The standard InChI is InChI=1S/C21H28N2O7S/c1-15-5-7-17(31(25,26)22-9-10-27-2)14-18(15)21(24)23-16-6-8-19(29-4)20(13-16)30-12-11-28-3/h5-8,13-14,22H,9-12H2,1-4H3,(H,23,24). The lowest BCUT2D eigenvalue weighted by Crippen LogP contribution is -2.27. The van der Waals surface area contributed by atoms with Gasteiger partial charge in [0.1, 0.15) is 6.61 Å². The van der Waals surface area contributed by atoms with E-state index >= 15 is 0 Å². The van der Waals surface area contributed by atoms with Crippen LogP contribution in [0.2, 0.25) is 0 Å². The zero-order valence-electron chi connectivity index (χ0n) is 18.1. The van der Waals surface area contributed by atoms with Crippen molar-refractivity contribution >= 4 is 21.6 Å². The molecule has 0 spiro atoms. The molecular formula is C21H28N2O7S. The second-order valence-electron chi connectivity index (χ2n) is 6.53. The van der Waals surface area contributed by atoms with Gasteiger partial charge in [-0.05, 0) is 36.8 Å². The van der Waals surface area contributed by atoms with E-state index in [1.807, 2.05) is 0 Å². The summed E-state index contributed by atoms with van der Waals surface area (Å²) in [6, 6.07) is 9.37. The van der Waals surface area contributed by atoms with Crippen molar-refractivity contribution in [1.82, 2.24) is 4.72 Å². The van der Waals surface area contributed by atoms with Gasteiger partial charge in [0, 0.05) is 38.1 Å². The Kier molecular flexibility index (Phi) is 9.25. The first kappa shape index (κ1) is 24.6. The van der Waals surface area contributed by atoms with Gasteiger partial charge in [0.15, 0.2) is 11.5 Å². The highest BCUT2D eigenvalue weighted by molar-refractivity contribution is 7.89. The molecule has 0 radical (unpaired) electrons. The fourth-order valence-electron chi connectivity index (χ4n) is 2.67. The molecular weight excluding hydrogens is 424 g/mol. The molecule has 0 heterocycles. The van der Waals surface area contributed by atoms with Gasteiger partial charge in [-0.3, -0.25) is 4.79 Å². The minimum Gasteiger partial charge on any atom is -0.493 e. The number of amides is 1. The van der Waals surface area contributed by atoms with Gasteiger partial charge >= 0.3 is 0 Å². The van der Waals surface area contributed by atoms with Gasteiger partial charge in [-0.2, -0.15) is 0 Å². The van der Waals surface area contributed by atoms with E-state index in [0.717, 1.165) is 0 Å².